The molecular formula is C8H15BrO4S. The molecule has 0 aliphatic heterocycles. The summed E-state index contributed by atoms with van der Waals surface area (Å²) in [6.07, 6.45) is 0. The number of carbonyl (C=O) groups excluding carboxylic acids is 1. The van der Waals surface area contributed by atoms with Gasteiger partial charge in [-0.15, -0.1) is 0 Å². The van der Waals surface area contributed by atoms with E-state index in [2.05, 4.69) is 15.9 Å². The number of carbonyl (C=O) groups is 1. The average Bonchev–Trinajstić information content (AvgIpc) is 2.02. The molecule has 0 aromatic carbocycles. The van der Waals surface area contributed by atoms with Gasteiger partial charge in [0.05, 0.1) is 5.75 Å². The first-order valence-electron chi connectivity index (χ1n) is 4.25. The minimum absolute atomic E-state index is 0.0717. The van der Waals surface area contributed by atoms with E-state index < -0.39 is 20.1 Å². The van der Waals surface area contributed by atoms with Gasteiger partial charge in [0, 0.05) is 5.75 Å². The molecule has 0 N–H and O–H groups in total. The molecule has 0 unspecified atom stereocenters. The van der Waals surface area contributed by atoms with Crippen LogP contribution in [0.1, 0.15) is 20.8 Å². The molecule has 0 aliphatic rings. The molecule has 0 radical (unpaired) electrons. The number of ether oxygens (including phenoxy) is 1. The zero-order chi connectivity index (χ0) is 11.4. The Bertz CT molecular complexity index is 289. The molecule has 0 atom stereocenters. The molecule has 84 valence electrons. The van der Waals surface area contributed by atoms with Crippen LogP contribution in [0.4, 0.5) is 0 Å². The number of alkyl halides is 1. The summed E-state index contributed by atoms with van der Waals surface area (Å²) in [7, 11) is -3.05. The monoisotopic (exact) mass is 286 g/mol. The highest BCUT2D eigenvalue weighted by molar-refractivity contribution is 9.10. The summed E-state index contributed by atoms with van der Waals surface area (Å²) >= 11 is 3.12. The van der Waals surface area contributed by atoms with Crippen LogP contribution in [0, 0.1) is 0 Å². The molecular weight excluding hydrogens is 272 g/mol. The highest BCUT2D eigenvalue weighted by Crippen LogP contribution is 2.17. The van der Waals surface area contributed by atoms with Crippen LogP contribution in [-0.4, -0.2) is 36.8 Å². The van der Waals surface area contributed by atoms with Crippen LogP contribution < -0.4 is 0 Å². The van der Waals surface area contributed by atoms with Crippen LogP contribution >= 0.6 is 15.9 Å². The zero-order valence-corrected chi connectivity index (χ0v) is 10.9. The Balaban J connectivity index is 3.94. The van der Waals surface area contributed by atoms with E-state index in [1.807, 2.05) is 0 Å². The van der Waals surface area contributed by atoms with E-state index in [0.717, 1.165) is 0 Å². The van der Waals surface area contributed by atoms with Crippen molar-refractivity contribution in [1.82, 2.24) is 0 Å². The number of hydrogen-bond donors (Lipinski definition) is 0. The molecule has 0 aliphatic carbocycles. The van der Waals surface area contributed by atoms with E-state index in [4.69, 9.17) is 4.74 Å². The lowest BCUT2D eigenvalue weighted by atomic mass is 10.2. The van der Waals surface area contributed by atoms with Gasteiger partial charge >= 0.3 is 5.97 Å². The largest absolute Gasteiger partial charge is 0.464 e. The highest BCUT2D eigenvalue weighted by Gasteiger charge is 2.25. The maximum absolute atomic E-state index is 11.2. The fraction of sp³-hybridized carbons (Fsp3) is 0.875. The van der Waals surface area contributed by atoms with Gasteiger partial charge < -0.3 is 4.74 Å². The minimum atomic E-state index is -3.05. The van der Waals surface area contributed by atoms with E-state index in [0.29, 0.717) is 0 Å². The normalized spacial score (nSPS) is 12.6. The third kappa shape index (κ3) is 5.59. The maximum Gasteiger partial charge on any atom is 0.322 e. The summed E-state index contributed by atoms with van der Waals surface area (Å²) in [6, 6.07) is 0. The molecule has 0 heterocycles. The summed E-state index contributed by atoms with van der Waals surface area (Å²) < 4.78 is 26.1. The zero-order valence-electron chi connectivity index (χ0n) is 8.54. The molecule has 14 heavy (non-hydrogen) atoms. The Morgan fingerprint density at radius 2 is 1.93 bits per heavy atom. The van der Waals surface area contributed by atoms with Crippen molar-refractivity contribution in [2.45, 2.75) is 25.1 Å². The predicted molar refractivity (Wildman–Crippen MR) is 58.3 cm³/mol. The molecule has 6 heteroatoms. The number of esters is 1. The summed E-state index contributed by atoms with van der Waals surface area (Å²) in [6.45, 7) is 4.77. The lowest BCUT2D eigenvalue weighted by Gasteiger charge is -2.14. The lowest BCUT2D eigenvalue weighted by molar-refractivity contribution is -0.144. The van der Waals surface area contributed by atoms with Gasteiger partial charge in [-0.05, 0) is 13.8 Å². The molecule has 0 rings (SSSR count). The summed E-state index contributed by atoms with van der Waals surface area (Å²) in [5.74, 6) is -0.496. The molecule has 0 saturated heterocycles. The van der Waals surface area contributed by atoms with Crippen molar-refractivity contribution < 1.29 is 17.9 Å². The number of rotatable bonds is 5. The molecule has 0 fully saturated rings. The number of sulfone groups is 1. The average molecular weight is 287 g/mol. The Morgan fingerprint density at radius 3 is 2.29 bits per heavy atom. The van der Waals surface area contributed by atoms with Crippen LogP contribution in [0.2, 0.25) is 0 Å². The molecule has 0 bridgehead atoms. The van der Waals surface area contributed by atoms with E-state index in [9.17, 15) is 13.2 Å². The van der Waals surface area contributed by atoms with E-state index in [-0.39, 0.29) is 18.1 Å². The fourth-order valence-corrected chi connectivity index (χ4v) is 1.32. The fourth-order valence-electron chi connectivity index (χ4n) is 0.577. The van der Waals surface area contributed by atoms with Crippen LogP contribution in [0.5, 0.6) is 0 Å². The smallest absolute Gasteiger partial charge is 0.322 e. The van der Waals surface area contributed by atoms with Crippen molar-refractivity contribution in [3.8, 4) is 0 Å². The molecule has 0 saturated carbocycles. The van der Waals surface area contributed by atoms with Gasteiger partial charge in [-0.3, -0.25) is 4.79 Å². The van der Waals surface area contributed by atoms with E-state index >= 15 is 0 Å². The molecule has 0 aromatic rings. The third-order valence-electron chi connectivity index (χ3n) is 1.55. The number of hydrogen-bond acceptors (Lipinski definition) is 4. The van der Waals surface area contributed by atoms with E-state index in [1.54, 1.807) is 20.8 Å². The molecule has 0 amide bonds. The molecule has 0 aromatic heterocycles. The van der Waals surface area contributed by atoms with Crippen molar-refractivity contribution in [2.24, 2.45) is 0 Å². The Morgan fingerprint density at radius 1 is 1.43 bits per heavy atom. The number of halogens is 1. The second-order valence-corrected chi connectivity index (χ2v) is 7.80. The molecule has 0 spiro atoms. The van der Waals surface area contributed by atoms with Crippen LogP contribution in [0.25, 0.3) is 0 Å². The Hall–Kier alpha value is -0.100. The second kappa shape index (κ2) is 5.11. The van der Waals surface area contributed by atoms with Crippen molar-refractivity contribution in [3.63, 3.8) is 0 Å². The Labute approximate surface area is 93.1 Å². The SMILES string of the molecule is CCS(=O)(=O)CCOC(=O)C(C)(C)Br. The second-order valence-electron chi connectivity index (χ2n) is 3.34. The standard InChI is InChI=1S/C8H15BrO4S/c1-4-14(11,12)6-5-13-7(10)8(2,3)9/h4-6H2,1-3H3. The lowest BCUT2D eigenvalue weighted by Crippen LogP contribution is -2.28. The van der Waals surface area contributed by atoms with Crippen LogP contribution in [0.15, 0.2) is 0 Å². The van der Waals surface area contributed by atoms with Gasteiger partial charge in [0.1, 0.15) is 10.9 Å². The first kappa shape index (κ1) is 13.9. The summed E-state index contributed by atoms with van der Waals surface area (Å²) in [4.78, 5) is 11.2. The Kier molecular flexibility index (Phi) is 5.08. The van der Waals surface area contributed by atoms with Crippen LogP contribution in [-0.2, 0) is 19.4 Å². The van der Waals surface area contributed by atoms with Crippen LogP contribution in [0.3, 0.4) is 0 Å². The van der Waals surface area contributed by atoms with Gasteiger partial charge in [0.2, 0.25) is 0 Å². The van der Waals surface area contributed by atoms with E-state index in [1.165, 1.54) is 0 Å². The first-order valence-corrected chi connectivity index (χ1v) is 6.87. The van der Waals surface area contributed by atoms with Crippen molar-refractivity contribution in [3.05, 3.63) is 0 Å². The maximum atomic E-state index is 11.2. The third-order valence-corrected chi connectivity index (χ3v) is 3.54. The van der Waals surface area contributed by atoms with Gasteiger partial charge in [0.15, 0.2) is 9.84 Å². The van der Waals surface area contributed by atoms with Gasteiger partial charge in [-0.2, -0.15) is 0 Å². The minimum Gasteiger partial charge on any atom is -0.464 e. The summed E-state index contributed by atoms with van der Waals surface area (Å²) in [5, 5.41) is 0. The molecule has 4 nitrogen and oxygen atoms in total. The van der Waals surface area contributed by atoms with Crippen molar-refractivity contribution >= 4 is 31.7 Å². The van der Waals surface area contributed by atoms with Gasteiger partial charge in [-0.1, -0.05) is 22.9 Å². The van der Waals surface area contributed by atoms with Crippen molar-refractivity contribution in [2.75, 3.05) is 18.1 Å². The first-order chi connectivity index (χ1) is 6.19. The summed E-state index contributed by atoms with van der Waals surface area (Å²) in [5.41, 5.74) is 0. The van der Waals surface area contributed by atoms with Gasteiger partial charge in [0.25, 0.3) is 0 Å². The predicted octanol–water partition coefficient (Wildman–Crippen LogP) is 1.14. The van der Waals surface area contributed by atoms with Gasteiger partial charge in [-0.25, -0.2) is 8.42 Å². The van der Waals surface area contributed by atoms with Crippen molar-refractivity contribution in [1.29, 1.82) is 0 Å². The highest BCUT2D eigenvalue weighted by atomic mass is 79.9. The quantitative estimate of drug-likeness (QED) is 0.562. The topological polar surface area (TPSA) is 60.4 Å².